The number of halogens is 1. The summed E-state index contributed by atoms with van der Waals surface area (Å²) in [5.74, 6) is -0.218. The molecule has 1 aromatic carbocycles. The third-order valence-corrected chi connectivity index (χ3v) is 4.46. The molecule has 1 unspecified atom stereocenters. The number of hydrogen-bond donors (Lipinski definition) is 0. The summed E-state index contributed by atoms with van der Waals surface area (Å²) in [5, 5.41) is 1.31. The second kappa shape index (κ2) is 2.50. The van der Waals surface area contributed by atoms with Gasteiger partial charge in [0.2, 0.25) is 0 Å². The van der Waals surface area contributed by atoms with Crippen LogP contribution in [0.4, 0.5) is 4.39 Å². The Bertz CT molecular complexity index is 322. The molecule has 1 aliphatic rings. The molecule has 0 spiro atoms. The van der Waals surface area contributed by atoms with Crippen LogP contribution in [0.15, 0.2) is 18.2 Å². The topological polar surface area (TPSA) is 17.1 Å². The average Bonchev–Trinajstić information content (AvgIpc) is 2.27. The van der Waals surface area contributed by atoms with E-state index in [1.54, 1.807) is 6.07 Å². The second-order valence-electron chi connectivity index (χ2n) is 2.64. The molecule has 11 heavy (non-hydrogen) atoms. The van der Waals surface area contributed by atoms with Crippen LogP contribution < -0.4 is 0 Å². The third-order valence-electron chi connectivity index (χ3n) is 1.80. The monoisotopic (exact) mass is 218 g/mol. The van der Waals surface area contributed by atoms with E-state index in [0.29, 0.717) is 10.6 Å². The van der Waals surface area contributed by atoms with Crippen molar-refractivity contribution in [2.45, 2.75) is 10.6 Å². The van der Waals surface area contributed by atoms with Gasteiger partial charge in [-0.25, -0.2) is 0 Å². The van der Waals surface area contributed by atoms with E-state index >= 15 is 0 Å². The van der Waals surface area contributed by atoms with Crippen LogP contribution in [0.2, 0.25) is 0 Å². The molecule has 0 saturated carbocycles. The first-order chi connectivity index (χ1) is 5.25. The van der Waals surface area contributed by atoms with Crippen molar-refractivity contribution in [2.75, 3.05) is 0 Å². The van der Waals surface area contributed by atoms with Gasteiger partial charge in [-0.2, -0.15) is 0 Å². The Hall–Kier alpha value is -0.531. The molecular formula is C8H7FOSe. The first-order valence-corrected chi connectivity index (χ1v) is 6.50. The van der Waals surface area contributed by atoms with Gasteiger partial charge in [0, 0.05) is 0 Å². The first-order valence-electron chi connectivity index (χ1n) is 3.38. The minimum atomic E-state index is -1.65. The molecule has 0 amide bonds. The second-order valence-corrected chi connectivity index (χ2v) is 5.70. The quantitative estimate of drug-likeness (QED) is 0.600. The number of benzene rings is 1. The van der Waals surface area contributed by atoms with Crippen molar-refractivity contribution >= 4 is 13.8 Å². The molecule has 0 fully saturated rings. The van der Waals surface area contributed by atoms with Crippen molar-refractivity contribution in [1.82, 2.24) is 0 Å². The summed E-state index contributed by atoms with van der Waals surface area (Å²) in [7, 11) is 0. The molecule has 1 atom stereocenters. The zero-order valence-corrected chi connectivity index (χ0v) is 7.55. The zero-order chi connectivity index (χ0) is 7.84. The van der Waals surface area contributed by atoms with Crippen molar-refractivity contribution < 1.29 is 8.23 Å². The predicted molar refractivity (Wildman–Crippen MR) is 40.2 cm³/mol. The average molecular weight is 217 g/mol. The molecule has 0 aliphatic carbocycles. The van der Waals surface area contributed by atoms with E-state index in [0.717, 1.165) is 11.1 Å². The summed E-state index contributed by atoms with van der Waals surface area (Å²) >= 11 is -1.65. The molecule has 1 nitrogen and oxygen atoms in total. The predicted octanol–water partition coefficient (Wildman–Crippen LogP) is 1.42. The number of rotatable bonds is 0. The van der Waals surface area contributed by atoms with Crippen molar-refractivity contribution in [3.63, 3.8) is 0 Å². The first kappa shape index (κ1) is 7.14. The Morgan fingerprint density at radius 3 is 2.82 bits per heavy atom. The fraction of sp³-hybridized carbons (Fsp3) is 0.250. The van der Waals surface area contributed by atoms with Crippen molar-refractivity contribution in [1.29, 1.82) is 0 Å². The van der Waals surface area contributed by atoms with Gasteiger partial charge in [0.05, 0.1) is 0 Å². The van der Waals surface area contributed by atoms with E-state index in [4.69, 9.17) is 0 Å². The van der Waals surface area contributed by atoms with Gasteiger partial charge in [-0.15, -0.1) is 0 Å². The molecular weight excluding hydrogens is 210 g/mol. The van der Waals surface area contributed by atoms with E-state index in [-0.39, 0.29) is 5.82 Å². The van der Waals surface area contributed by atoms with E-state index < -0.39 is 13.8 Å². The van der Waals surface area contributed by atoms with Gasteiger partial charge in [-0.1, -0.05) is 0 Å². The molecule has 0 saturated heterocycles. The summed E-state index contributed by atoms with van der Waals surface area (Å²) in [4.78, 5) is 0. The minimum absolute atomic E-state index is 0.218. The maximum absolute atomic E-state index is 12.6. The van der Waals surface area contributed by atoms with E-state index in [9.17, 15) is 8.23 Å². The van der Waals surface area contributed by atoms with Gasteiger partial charge in [0.1, 0.15) is 0 Å². The molecule has 3 heteroatoms. The fourth-order valence-electron chi connectivity index (χ4n) is 1.27. The Labute approximate surface area is 68.3 Å². The van der Waals surface area contributed by atoms with Crippen LogP contribution in [0.5, 0.6) is 0 Å². The van der Waals surface area contributed by atoms with Gasteiger partial charge in [-0.05, 0) is 0 Å². The molecule has 1 aromatic rings. The zero-order valence-electron chi connectivity index (χ0n) is 5.84. The molecule has 0 aromatic heterocycles. The molecule has 2 rings (SSSR count). The van der Waals surface area contributed by atoms with Gasteiger partial charge in [-0.3, -0.25) is 0 Å². The van der Waals surface area contributed by atoms with Crippen molar-refractivity contribution in [3.8, 4) is 0 Å². The summed E-state index contributed by atoms with van der Waals surface area (Å²) in [6.45, 7) is 0. The molecule has 1 aliphatic heterocycles. The Morgan fingerprint density at radius 1 is 1.27 bits per heavy atom. The van der Waals surface area contributed by atoms with E-state index in [1.165, 1.54) is 12.1 Å². The fourth-order valence-corrected chi connectivity index (χ4v) is 4.09. The van der Waals surface area contributed by atoms with E-state index in [1.807, 2.05) is 0 Å². The van der Waals surface area contributed by atoms with Crippen LogP contribution in [0.3, 0.4) is 0 Å². The van der Waals surface area contributed by atoms with E-state index in [2.05, 4.69) is 0 Å². The standard InChI is InChI=1S/C8H7FOSe/c9-8-2-1-6-4-11(10)5-7(6)3-8/h1-3H,4-5H2. The summed E-state index contributed by atoms with van der Waals surface area (Å²) in [6.07, 6.45) is 0. The molecule has 0 radical (unpaired) electrons. The van der Waals surface area contributed by atoms with Crippen molar-refractivity contribution in [2.24, 2.45) is 0 Å². The number of fused-ring (bicyclic) bond motifs is 1. The van der Waals surface area contributed by atoms with Crippen LogP contribution in [-0.2, 0) is 14.5 Å². The van der Waals surface area contributed by atoms with Gasteiger partial charge in [0.15, 0.2) is 0 Å². The van der Waals surface area contributed by atoms with Crippen LogP contribution in [-0.4, -0.2) is 13.8 Å². The molecule has 1 heterocycles. The van der Waals surface area contributed by atoms with Crippen LogP contribution in [0, 0.1) is 5.82 Å². The van der Waals surface area contributed by atoms with Gasteiger partial charge in [0.25, 0.3) is 0 Å². The molecule has 0 N–H and O–H groups in total. The summed E-state index contributed by atoms with van der Waals surface area (Å²) < 4.78 is 23.7. The Morgan fingerprint density at radius 2 is 2.00 bits per heavy atom. The van der Waals surface area contributed by atoms with Gasteiger partial charge < -0.3 is 0 Å². The Balaban J connectivity index is 2.51. The Kier molecular flexibility index (Phi) is 1.62. The van der Waals surface area contributed by atoms with Crippen LogP contribution in [0.1, 0.15) is 11.1 Å². The van der Waals surface area contributed by atoms with Crippen LogP contribution in [0.25, 0.3) is 0 Å². The SMILES string of the molecule is O=[Se]1Cc2ccc(F)cc2C1. The number of hydrogen-bond acceptors (Lipinski definition) is 1. The van der Waals surface area contributed by atoms with Crippen LogP contribution >= 0.6 is 0 Å². The third kappa shape index (κ3) is 1.26. The van der Waals surface area contributed by atoms with Gasteiger partial charge >= 0.3 is 67.8 Å². The van der Waals surface area contributed by atoms with Crippen molar-refractivity contribution in [3.05, 3.63) is 35.1 Å². The summed E-state index contributed by atoms with van der Waals surface area (Å²) in [6, 6.07) is 4.67. The summed E-state index contributed by atoms with van der Waals surface area (Å²) in [5.41, 5.74) is 2.02. The molecule has 0 bridgehead atoms. The maximum atomic E-state index is 12.6. The molecule has 58 valence electrons. The normalized spacial score (nSPS) is 21.7.